The van der Waals surface area contributed by atoms with Crippen molar-refractivity contribution < 1.29 is 14.3 Å². The summed E-state index contributed by atoms with van der Waals surface area (Å²) in [6.45, 7) is 5.47. The Morgan fingerprint density at radius 2 is 2.23 bits per heavy atom. The number of carbonyl (C=O) groups is 2. The molecule has 2 aliphatic rings. The van der Waals surface area contributed by atoms with Gasteiger partial charge in [-0.3, -0.25) is 19.5 Å². The van der Waals surface area contributed by atoms with Gasteiger partial charge in [-0.15, -0.1) is 6.42 Å². The predicted molar refractivity (Wildman–Crippen MR) is 78.3 cm³/mol. The van der Waals surface area contributed by atoms with Crippen LogP contribution in [0.3, 0.4) is 0 Å². The summed E-state index contributed by atoms with van der Waals surface area (Å²) in [5.41, 5.74) is -0.230. The molecule has 1 aromatic heterocycles. The number of hydrogen-bond donors (Lipinski definition) is 1. The zero-order valence-electron chi connectivity index (χ0n) is 12.7. The fourth-order valence-electron chi connectivity index (χ4n) is 3.09. The number of rotatable bonds is 3. The molecule has 1 aromatic rings. The Labute approximate surface area is 128 Å². The SMILES string of the molecule is C#CCOC12NC(=O)C(C)(C(C)C)N1C(=O)c1cccnc12. The van der Waals surface area contributed by atoms with E-state index in [1.807, 2.05) is 13.8 Å². The van der Waals surface area contributed by atoms with Crippen molar-refractivity contribution in [1.82, 2.24) is 15.2 Å². The van der Waals surface area contributed by atoms with Gasteiger partial charge in [-0.1, -0.05) is 19.8 Å². The van der Waals surface area contributed by atoms with Gasteiger partial charge in [0.15, 0.2) is 0 Å². The third-order valence-corrected chi connectivity index (χ3v) is 4.57. The maximum absolute atomic E-state index is 12.9. The van der Waals surface area contributed by atoms with Crippen molar-refractivity contribution >= 4 is 11.8 Å². The lowest BCUT2D eigenvalue weighted by Crippen LogP contribution is -2.56. The molecule has 0 saturated carbocycles. The van der Waals surface area contributed by atoms with Crippen LogP contribution in [-0.2, 0) is 15.4 Å². The Kier molecular flexibility index (Phi) is 3.01. The second-order valence-corrected chi connectivity index (χ2v) is 5.93. The van der Waals surface area contributed by atoms with E-state index in [0.29, 0.717) is 11.3 Å². The molecule has 0 aromatic carbocycles. The number of hydrogen-bond acceptors (Lipinski definition) is 4. The summed E-state index contributed by atoms with van der Waals surface area (Å²) in [6, 6.07) is 3.36. The minimum Gasteiger partial charge on any atom is -0.320 e. The normalized spacial score (nSPS) is 29.3. The lowest BCUT2D eigenvalue weighted by molar-refractivity contribution is -0.147. The Morgan fingerprint density at radius 3 is 2.86 bits per heavy atom. The van der Waals surface area contributed by atoms with Crippen LogP contribution in [0.1, 0.15) is 36.8 Å². The number of ether oxygens (including phenoxy) is 1. The first kappa shape index (κ1) is 14.5. The molecule has 22 heavy (non-hydrogen) atoms. The molecule has 1 fully saturated rings. The molecule has 3 rings (SSSR count). The van der Waals surface area contributed by atoms with Crippen molar-refractivity contribution in [1.29, 1.82) is 0 Å². The van der Waals surface area contributed by atoms with E-state index in [9.17, 15) is 9.59 Å². The van der Waals surface area contributed by atoms with Gasteiger partial charge >= 0.3 is 0 Å². The second kappa shape index (κ2) is 4.55. The van der Waals surface area contributed by atoms with Crippen molar-refractivity contribution in [3.63, 3.8) is 0 Å². The van der Waals surface area contributed by atoms with Crippen LogP contribution in [0.5, 0.6) is 0 Å². The van der Waals surface area contributed by atoms with E-state index in [4.69, 9.17) is 11.2 Å². The van der Waals surface area contributed by atoms with E-state index < -0.39 is 11.4 Å². The van der Waals surface area contributed by atoms with Crippen LogP contribution in [-0.4, -0.2) is 33.8 Å². The van der Waals surface area contributed by atoms with Crippen LogP contribution in [0.15, 0.2) is 18.3 Å². The molecule has 114 valence electrons. The minimum absolute atomic E-state index is 0.0474. The van der Waals surface area contributed by atoms with Crippen LogP contribution in [0.25, 0.3) is 0 Å². The standard InChI is InChI=1S/C16H17N3O3/c1-5-9-22-16-12-11(7-6-8-17-12)13(20)19(16)15(4,10(2)3)14(21)18-16/h1,6-8,10H,9H2,2-4H3,(H,18,21). The van der Waals surface area contributed by atoms with Crippen LogP contribution < -0.4 is 5.32 Å². The van der Waals surface area contributed by atoms with E-state index in [1.165, 1.54) is 4.90 Å². The Morgan fingerprint density at radius 1 is 1.50 bits per heavy atom. The quantitative estimate of drug-likeness (QED) is 0.840. The van der Waals surface area contributed by atoms with Crippen molar-refractivity contribution in [2.45, 2.75) is 32.2 Å². The first-order chi connectivity index (χ1) is 10.4. The van der Waals surface area contributed by atoms with Gasteiger partial charge in [0.25, 0.3) is 11.8 Å². The van der Waals surface area contributed by atoms with E-state index in [2.05, 4.69) is 16.2 Å². The minimum atomic E-state index is -1.42. The molecular weight excluding hydrogens is 282 g/mol. The molecular formula is C16H17N3O3. The van der Waals surface area contributed by atoms with Gasteiger partial charge in [0.1, 0.15) is 17.8 Å². The fourth-order valence-corrected chi connectivity index (χ4v) is 3.09. The molecule has 0 spiro atoms. The zero-order chi connectivity index (χ0) is 16.1. The summed E-state index contributed by atoms with van der Waals surface area (Å²) in [4.78, 5) is 31.2. The molecule has 2 amide bonds. The van der Waals surface area contributed by atoms with E-state index >= 15 is 0 Å². The maximum atomic E-state index is 12.9. The van der Waals surface area contributed by atoms with Crippen molar-refractivity contribution in [2.75, 3.05) is 6.61 Å². The predicted octanol–water partition coefficient (Wildman–Crippen LogP) is 0.842. The molecule has 2 aliphatic heterocycles. The summed E-state index contributed by atoms with van der Waals surface area (Å²) < 4.78 is 5.75. The summed E-state index contributed by atoms with van der Waals surface area (Å²) in [6.07, 6.45) is 6.85. The smallest absolute Gasteiger partial charge is 0.272 e. The largest absolute Gasteiger partial charge is 0.320 e. The van der Waals surface area contributed by atoms with E-state index in [1.54, 1.807) is 25.3 Å². The summed E-state index contributed by atoms with van der Waals surface area (Å²) in [5, 5.41) is 2.81. The molecule has 6 nitrogen and oxygen atoms in total. The second-order valence-electron chi connectivity index (χ2n) is 5.93. The highest BCUT2D eigenvalue weighted by atomic mass is 16.5. The van der Waals surface area contributed by atoms with Gasteiger partial charge in [-0.05, 0) is 25.0 Å². The first-order valence-corrected chi connectivity index (χ1v) is 7.09. The Hall–Kier alpha value is -2.39. The van der Waals surface area contributed by atoms with Gasteiger partial charge in [-0.2, -0.15) is 0 Å². The summed E-state index contributed by atoms with van der Waals surface area (Å²) in [5.74, 6) is 0.294. The summed E-state index contributed by atoms with van der Waals surface area (Å²) >= 11 is 0. The molecule has 1 saturated heterocycles. The Bertz CT molecular complexity index is 709. The fraction of sp³-hybridized carbons (Fsp3) is 0.438. The number of pyridine rings is 1. The first-order valence-electron chi connectivity index (χ1n) is 7.09. The molecule has 6 heteroatoms. The molecule has 1 N–H and O–H groups in total. The Balaban J connectivity index is 2.24. The van der Waals surface area contributed by atoms with Crippen LogP contribution in [0.2, 0.25) is 0 Å². The van der Waals surface area contributed by atoms with Gasteiger partial charge in [0.05, 0.1) is 5.56 Å². The summed E-state index contributed by atoms with van der Waals surface area (Å²) in [7, 11) is 0. The number of carbonyl (C=O) groups excluding carboxylic acids is 2. The lowest BCUT2D eigenvalue weighted by Gasteiger charge is -2.39. The number of fused-ring (bicyclic) bond motifs is 3. The number of nitrogens with one attached hydrogen (secondary N) is 1. The highest BCUT2D eigenvalue weighted by molar-refractivity contribution is 6.06. The molecule has 2 unspecified atom stereocenters. The lowest BCUT2D eigenvalue weighted by atomic mass is 9.87. The average Bonchev–Trinajstić information content (AvgIpc) is 2.88. The third-order valence-electron chi connectivity index (χ3n) is 4.57. The molecule has 0 radical (unpaired) electrons. The molecule has 2 atom stereocenters. The monoisotopic (exact) mass is 299 g/mol. The van der Waals surface area contributed by atoms with Gasteiger partial charge in [0, 0.05) is 6.20 Å². The van der Waals surface area contributed by atoms with Gasteiger partial charge in [-0.25, -0.2) is 0 Å². The molecule has 0 bridgehead atoms. The topological polar surface area (TPSA) is 71.5 Å². The highest BCUT2D eigenvalue weighted by Crippen LogP contribution is 2.48. The number of aromatic nitrogens is 1. The maximum Gasteiger partial charge on any atom is 0.272 e. The highest BCUT2D eigenvalue weighted by Gasteiger charge is 2.68. The average molecular weight is 299 g/mol. The van der Waals surface area contributed by atoms with Gasteiger partial charge in [0.2, 0.25) is 5.91 Å². The van der Waals surface area contributed by atoms with Gasteiger partial charge < -0.3 is 10.1 Å². The van der Waals surface area contributed by atoms with Crippen LogP contribution >= 0.6 is 0 Å². The molecule has 0 aliphatic carbocycles. The number of terminal acetylenes is 1. The van der Waals surface area contributed by atoms with Crippen molar-refractivity contribution in [2.24, 2.45) is 5.92 Å². The van der Waals surface area contributed by atoms with Crippen molar-refractivity contribution in [3.05, 3.63) is 29.6 Å². The van der Waals surface area contributed by atoms with Crippen molar-refractivity contribution in [3.8, 4) is 12.3 Å². The number of amides is 2. The van der Waals surface area contributed by atoms with Crippen LogP contribution in [0.4, 0.5) is 0 Å². The number of nitrogens with zero attached hydrogens (tertiary/aromatic N) is 2. The third kappa shape index (κ3) is 1.52. The molecule has 3 heterocycles. The van der Waals surface area contributed by atoms with E-state index in [-0.39, 0.29) is 24.3 Å². The zero-order valence-corrected chi connectivity index (χ0v) is 12.7. The van der Waals surface area contributed by atoms with E-state index in [0.717, 1.165) is 0 Å². The van der Waals surface area contributed by atoms with Crippen LogP contribution in [0, 0.1) is 18.3 Å².